The minimum absolute atomic E-state index is 1.18. The van der Waals surface area contributed by atoms with Gasteiger partial charge < -0.3 is 4.98 Å². The molecule has 1 heterocycles. The Morgan fingerprint density at radius 3 is 2.46 bits per heavy atom. The second kappa shape index (κ2) is 3.09. The van der Waals surface area contributed by atoms with Crippen molar-refractivity contribution in [3.63, 3.8) is 0 Å². The van der Waals surface area contributed by atoms with Gasteiger partial charge in [-0.15, -0.1) is 0 Å². The maximum atomic E-state index is 3.20. The Kier molecular flexibility index (Phi) is 1.93. The fourth-order valence-corrected chi connectivity index (χ4v) is 1.42. The molecule has 0 bridgehead atoms. The summed E-state index contributed by atoms with van der Waals surface area (Å²) in [6.07, 6.45) is 1.95. The number of hydrogen-bond donors (Lipinski definition) is 1. The van der Waals surface area contributed by atoms with Gasteiger partial charge in [-0.25, -0.2) is 0 Å². The predicted molar refractivity (Wildman–Crippen MR) is 55.7 cm³/mol. The van der Waals surface area contributed by atoms with Gasteiger partial charge in [-0.05, 0) is 48.7 Å². The fourth-order valence-electron chi connectivity index (χ4n) is 1.42. The third-order valence-electron chi connectivity index (χ3n) is 2.42. The Bertz CT molecular complexity index is 399. The molecule has 0 atom stereocenters. The highest BCUT2D eigenvalue weighted by Crippen LogP contribution is 2.19. The summed E-state index contributed by atoms with van der Waals surface area (Å²) in [6, 6.07) is 10.6. The number of H-pyrrole nitrogens is 1. The Labute approximate surface area is 78.4 Å². The van der Waals surface area contributed by atoms with Crippen LogP contribution in [0.4, 0.5) is 0 Å². The summed E-state index contributed by atoms with van der Waals surface area (Å²) in [5.74, 6) is 0. The Balaban J connectivity index is 2.49. The second-order valence-electron chi connectivity index (χ2n) is 3.38. The number of aromatic amines is 1. The van der Waals surface area contributed by atoms with E-state index in [9.17, 15) is 0 Å². The van der Waals surface area contributed by atoms with E-state index in [1.807, 2.05) is 12.3 Å². The lowest BCUT2D eigenvalue weighted by molar-refractivity contribution is 1.32. The third-order valence-corrected chi connectivity index (χ3v) is 2.42. The molecule has 2 aromatic rings. The molecule has 0 saturated carbocycles. The van der Waals surface area contributed by atoms with Gasteiger partial charge in [0.1, 0.15) is 0 Å². The van der Waals surface area contributed by atoms with Crippen molar-refractivity contribution in [3.8, 4) is 11.3 Å². The van der Waals surface area contributed by atoms with Gasteiger partial charge in [0.05, 0.1) is 0 Å². The normalized spacial score (nSPS) is 10.3. The van der Waals surface area contributed by atoms with Crippen molar-refractivity contribution in [2.45, 2.75) is 13.8 Å². The molecule has 0 amide bonds. The highest BCUT2D eigenvalue weighted by molar-refractivity contribution is 5.60. The van der Waals surface area contributed by atoms with Gasteiger partial charge >= 0.3 is 0 Å². The quantitative estimate of drug-likeness (QED) is 0.677. The Hall–Kier alpha value is -1.50. The minimum Gasteiger partial charge on any atom is -0.361 e. The highest BCUT2D eigenvalue weighted by Gasteiger charge is 1.98. The van der Waals surface area contributed by atoms with Crippen molar-refractivity contribution in [3.05, 3.63) is 47.7 Å². The van der Waals surface area contributed by atoms with E-state index in [4.69, 9.17) is 0 Å². The maximum absolute atomic E-state index is 3.20. The first-order chi connectivity index (χ1) is 6.27. The van der Waals surface area contributed by atoms with Crippen molar-refractivity contribution < 1.29 is 0 Å². The first-order valence-electron chi connectivity index (χ1n) is 4.48. The lowest BCUT2D eigenvalue weighted by Gasteiger charge is -2.02. The molecular weight excluding hydrogens is 158 g/mol. The van der Waals surface area contributed by atoms with E-state index in [0.717, 1.165) is 0 Å². The molecule has 0 aliphatic rings. The Morgan fingerprint density at radius 2 is 1.85 bits per heavy atom. The SMILES string of the molecule is Cc1ccc(-c2ccc[nH]2)cc1C. The number of benzene rings is 1. The van der Waals surface area contributed by atoms with E-state index in [0.29, 0.717) is 0 Å². The lowest BCUT2D eigenvalue weighted by atomic mass is 10.0. The molecule has 0 aliphatic carbocycles. The number of rotatable bonds is 1. The van der Waals surface area contributed by atoms with Gasteiger partial charge in [0, 0.05) is 11.9 Å². The van der Waals surface area contributed by atoms with Crippen LogP contribution >= 0.6 is 0 Å². The largest absolute Gasteiger partial charge is 0.361 e. The molecule has 66 valence electrons. The third kappa shape index (κ3) is 1.50. The molecule has 0 unspecified atom stereocenters. The molecule has 0 aliphatic heterocycles. The summed E-state index contributed by atoms with van der Waals surface area (Å²) < 4.78 is 0. The van der Waals surface area contributed by atoms with Gasteiger partial charge in [-0.1, -0.05) is 12.1 Å². The first-order valence-corrected chi connectivity index (χ1v) is 4.48. The summed E-state index contributed by atoms with van der Waals surface area (Å²) in [5.41, 5.74) is 5.12. The minimum atomic E-state index is 1.18. The number of aryl methyl sites for hydroxylation is 2. The van der Waals surface area contributed by atoms with E-state index in [1.165, 1.54) is 22.4 Å². The standard InChI is InChI=1S/C12H13N/c1-9-5-6-11(8-10(9)2)12-4-3-7-13-12/h3-8,13H,1-2H3. The molecular formula is C12H13N. The zero-order valence-corrected chi connectivity index (χ0v) is 7.96. The molecule has 1 N–H and O–H groups in total. The number of nitrogens with one attached hydrogen (secondary N) is 1. The zero-order valence-electron chi connectivity index (χ0n) is 7.96. The molecule has 13 heavy (non-hydrogen) atoms. The van der Waals surface area contributed by atoms with Crippen molar-refractivity contribution >= 4 is 0 Å². The topological polar surface area (TPSA) is 15.8 Å². The molecule has 1 aromatic carbocycles. The van der Waals surface area contributed by atoms with E-state index >= 15 is 0 Å². The van der Waals surface area contributed by atoms with E-state index in [2.05, 4.69) is 43.1 Å². The summed E-state index contributed by atoms with van der Waals surface area (Å²) in [4.78, 5) is 3.20. The van der Waals surface area contributed by atoms with Gasteiger partial charge in [-0.2, -0.15) is 0 Å². The second-order valence-corrected chi connectivity index (χ2v) is 3.38. The molecule has 1 aromatic heterocycles. The van der Waals surface area contributed by atoms with Gasteiger partial charge in [-0.3, -0.25) is 0 Å². The average molecular weight is 171 g/mol. The van der Waals surface area contributed by atoms with Gasteiger partial charge in [0.25, 0.3) is 0 Å². The van der Waals surface area contributed by atoms with Crippen molar-refractivity contribution in [2.75, 3.05) is 0 Å². The molecule has 1 nitrogen and oxygen atoms in total. The maximum Gasteiger partial charge on any atom is 0.0453 e. The number of aromatic nitrogens is 1. The van der Waals surface area contributed by atoms with Crippen LogP contribution in [0.2, 0.25) is 0 Å². The van der Waals surface area contributed by atoms with Crippen LogP contribution in [0.3, 0.4) is 0 Å². The van der Waals surface area contributed by atoms with E-state index in [1.54, 1.807) is 0 Å². The molecule has 1 heteroatoms. The fraction of sp³-hybridized carbons (Fsp3) is 0.167. The summed E-state index contributed by atoms with van der Waals surface area (Å²) in [7, 11) is 0. The van der Waals surface area contributed by atoms with E-state index < -0.39 is 0 Å². The zero-order chi connectivity index (χ0) is 9.26. The van der Waals surface area contributed by atoms with E-state index in [-0.39, 0.29) is 0 Å². The van der Waals surface area contributed by atoms with Gasteiger partial charge in [0.15, 0.2) is 0 Å². The average Bonchev–Trinajstić information content (AvgIpc) is 2.62. The monoisotopic (exact) mass is 171 g/mol. The van der Waals surface area contributed by atoms with Crippen molar-refractivity contribution in [1.29, 1.82) is 0 Å². The number of hydrogen-bond acceptors (Lipinski definition) is 0. The van der Waals surface area contributed by atoms with Crippen LogP contribution in [0.1, 0.15) is 11.1 Å². The van der Waals surface area contributed by atoms with Crippen LogP contribution < -0.4 is 0 Å². The Morgan fingerprint density at radius 1 is 1.00 bits per heavy atom. The van der Waals surface area contributed by atoms with Crippen LogP contribution in [0.15, 0.2) is 36.5 Å². The van der Waals surface area contributed by atoms with Crippen molar-refractivity contribution in [2.24, 2.45) is 0 Å². The van der Waals surface area contributed by atoms with Crippen molar-refractivity contribution in [1.82, 2.24) is 4.98 Å². The van der Waals surface area contributed by atoms with Gasteiger partial charge in [0.2, 0.25) is 0 Å². The summed E-state index contributed by atoms with van der Waals surface area (Å²) >= 11 is 0. The smallest absolute Gasteiger partial charge is 0.0453 e. The molecule has 0 saturated heterocycles. The summed E-state index contributed by atoms with van der Waals surface area (Å²) in [5, 5.41) is 0. The highest BCUT2D eigenvalue weighted by atomic mass is 14.7. The van der Waals surface area contributed by atoms with Crippen LogP contribution in [0, 0.1) is 13.8 Å². The molecule has 2 rings (SSSR count). The summed E-state index contributed by atoms with van der Waals surface area (Å²) in [6.45, 7) is 4.27. The molecule has 0 spiro atoms. The molecule has 0 radical (unpaired) electrons. The van der Waals surface area contributed by atoms with Crippen LogP contribution in [0.25, 0.3) is 11.3 Å². The first kappa shape index (κ1) is 8.11. The molecule has 0 fully saturated rings. The lowest BCUT2D eigenvalue weighted by Crippen LogP contribution is -1.82. The van der Waals surface area contributed by atoms with Crippen LogP contribution in [-0.2, 0) is 0 Å². The van der Waals surface area contributed by atoms with Crippen LogP contribution in [0.5, 0.6) is 0 Å². The van der Waals surface area contributed by atoms with Crippen LogP contribution in [-0.4, -0.2) is 4.98 Å². The predicted octanol–water partition coefficient (Wildman–Crippen LogP) is 3.30.